The fourth-order valence-corrected chi connectivity index (χ4v) is 2.66. The van der Waals surface area contributed by atoms with Crippen molar-refractivity contribution in [2.45, 2.75) is 18.2 Å². The molecule has 114 valence electrons. The smallest absolute Gasteiger partial charge is 0.242 e. The lowest BCUT2D eigenvalue weighted by Crippen LogP contribution is -2.29. The van der Waals surface area contributed by atoms with Crippen LogP contribution in [0.15, 0.2) is 29.2 Å². The summed E-state index contributed by atoms with van der Waals surface area (Å²) in [6, 6.07) is 6.99. The molecule has 1 aromatic rings. The summed E-state index contributed by atoms with van der Waals surface area (Å²) in [6.07, 6.45) is 1.13. The Morgan fingerprint density at radius 2 is 1.65 bits per heavy atom. The Bertz CT molecular complexity index is 498. The number of nitrogens with one attached hydrogen (secondary N) is 1. The maximum atomic E-state index is 12.0. The van der Waals surface area contributed by atoms with E-state index < -0.39 is 10.0 Å². The van der Waals surface area contributed by atoms with Gasteiger partial charge in [-0.05, 0) is 37.2 Å². The first-order valence-corrected chi connectivity index (χ1v) is 8.28. The zero-order valence-corrected chi connectivity index (χ0v) is 13.6. The van der Waals surface area contributed by atoms with E-state index in [4.69, 9.17) is 0 Å². The van der Waals surface area contributed by atoms with Gasteiger partial charge in [-0.15, -0.1) is 0 Å². The second-order valence-electron chi connectivity index (χ2n) is 4.95. The van der Waals surface area contributed by atoms with E-state index >= 15 is 0 Å². The van der Waals surface area contributed by atoms with Gasteiger partial charge in [0.15, 0.2) is 0 Å². The Hall–Kier alpha value is -1.11. The van der Waals surface area contributed by atoms with Crippen LogP contribution >= 0.6 is 0 Å². The van der Waals surface area contributed by atoms with Crippen LogP contribution in [-0.4, -0.2) is 53.5 Å². The molecule has 0 aliphatic rings. The van der Waals surface area contributed by atoms with Crippen molar-refractivity contribution in [2.24, 2.45) is 0 Å². The van der Waals surface area contributed by atoms with Crippen LogP contribution in [0.25, 0.3) is 0 Å². The molecule has 0 unspecified atom stereocenters. The molecule has 1 rings (SSSR count). The third kappa shape index (κ3) is 4.47. The Labute approximate surface area is 122 Å². The van der Waals surface area contributed by atoms with Crippen molar-refractivity contribution in [3.8, 4) is 0 Å². The normalized spacial score (nSPS) is 11.8. The maximum Gasteiger partial charge on any atom is 0.242 e. The van der Waals surface area contributed by atoms with Crippen molar-refractivity contribution in [3.05, 3.63) is 24.3 Å². The third-order valence-electron chi connectivity index (χ3n) is 3.11. The van der Waals surface area contributed by atoms with Gasteiger partial charge < -0.3 is 10.2 Å². The van der Waals surface area contributed by atoms with Crippen molar-refractivity contribution >= 4 is 15.7 Å². The van der Waals surface area contributed by atoms with Gasteiger partial charge in [-0.1, -0.05) is 6.92 Å². The lowest BCUT2D eigenvalue weighted by molar-refractivity contribution is 0.521. The second kappa shape index (κ2) is 7.61. The minimum atomic E-state index is -3.34. The van der Waals surface area contributed by atoms with Crippen molar-refractivity contribution in [1.82, 2.24) is 9.62 Å². The number of likely N-dealkylation sites (N-methyl/N-ethyl adjacent to an activating group) is 1. The van der Waals surface area contributed by atoms with Crippen LogP contribution in [0.4, 0.5) is 5.69 Å². The minimum absolute atomic E-state index is 0.323. The molecule has 0 aliphatic heterocycles. The number of hydrogen-bond donors (Lipinski definition) is 1. The molecule has 0 atom stereocenters. The average molecular weight is 299 g/mol. The zero-order valence-electron chi connectivity index (χ0n) is 12.8. The van der Waals surface area contributed by atoms with Gasteiger partial charge >= 0.3 is 0 Å². The lowest BCUT2D eigenvalue weighted by atomic mass is 10.3. The molecule has 5 nitrogen and oxygen atoms in total. The highest BCUT2D eigenvalue weighted by molar-refractivity contribution is 7.89. The highest BCUT2D eigenvalue weighted by atomic mass is 32.2. The van der Waals surface area contributed by atoms with Crippen molar-refractivity contribution in [1.29, 1.82) is 0 Å². The molecule has 20 heavy (non-hydrogen) atoms. The average Bonchev–Trinajstić information content (AvgIpc) is 2.43. The van der Waals surface area contributed by atoms with Crippen molar-refractivity contribution in [2.75, 3.05) is 45.7 Å². The van der Waals surface area contributed by atoms with Gasteiger partial charge in [0.25, 0.3) is 0 Å². The van der Waals surface area contributed by atoms with E-state index in [1.54, 1.807) is 12.1 Å². The van der Waals surface area contributed by atoms with Crippen molar-refractivity contribution < 1.29 is 8.42 Å². The van der Waals surface area contributed by atoms with Crippen LogP contribution < -0.4 is 10.2 Å². The second-order valence-corrected chi connectivity index (χ2v) is 7.10. The standard InChI is InChI=1S/C14H25N3O2S/c1-5-10-15-11-12-17(4)13-6-8-14(9-7-13)20(18,19)16(2)3/h6-9,15H,5,10-12H2,1-4H3. The van der Waals surface area contributed by atoms with E-state index in [-0.39, 0.29) is 0 Å². The summed E-state index contributed by atoms with van der Waals surface area (Å²) >= 11 is 0. The molecule has 0 spiro atoms. The SMILES string of the molecule is CCCNCCN(C)c1ccc(S(=O)(=O)N(C)C)cc1. The van der Waals surface area contributed by atoms with E-state index in [0.717, 1.165) is 31.7 Å². The van der Waals surface area contributed by atoms with Gasteiger partial charge in [-0.25, -0.2) is 12.7 Å². The van der Waals surface area contributed by atoms with Crippen LogP contribution in [0, 0.1) is 0 Å². The van der Waals surface area contributed by atoms with E-state index in [0.29, 0.717) is 4.90 Å². The molecule has 0 amide bonds. The van der Waals surface area contributed by atoms with E-state index in [1.165, 1.54) is 18.4 Å². The first-order chi connectivity index (χ1) is 9.39. The Morgan fingerprint density at radius 3 is 2.15 bits per heavy atom. The van der Waals surface area contributed by atoms with Gasteiger partial charge in [0, 0.05) is 39.9 Å². The molecule has 0 radical (unpaired) electrons. The van der Waals surface area contributed by atoms with Gasteiger partial charge in [0.05, 0.1) is 4.90 Å². The number of hydrogen-bond acceptors (Lipinski definition) is 4. The molecule has 0 saturated carbocycles. The van der Waals surface area contributed by atoms with Gasteiger partial charge in [-0.2, -0.15) is 0 Å². The summed E-state index contributed by atoms with van der Waals surface area (Å²) in [4.78, 5) is 2.43. The Balaban J connectivity index is 2.67. The number of sulfonamides is 1. The van der Waals surface area contributed by atoms with Gasteiger partial charge in [0.1, 0.15) is 0 Å². The highest BCUT2D eigenvalue weighted by Gasteiger charge is 2.16. The molecule has 0 heterocycles. The summed E-state index contributed by atoms with van der Waals surface area (Å²) in [5, 5.41) is 3.34. The first-order valence-electron chi connectivity index (χ1n) is 6.84. The third-order valence-corrected chi connectivity index (χ3v) is 4.94. The summed E-state index contributed by atoms with van der Waals surface area (Å²) in [7, 11) is 1.73. The fraction of sp³-hybridized carbons (Fsp3) is 0.571. The Morgan fingerprint density at radius 1 is 1.05 bits per heavy atom. The minimum Gasteiger partial charge on any atom is -0.373 e. The van der Waals surface area contributed by atoms with Crippen LogP contribution in [-0.2, 0) is 10.0 Å². The summed E-state index contributed by atoms with van der Waals surface area (Å²) in [5.74, 6) is 0. The summed E-state index contributed by atoms with van der Waals surface area (Å²) in [6.45, 7) is 4.97. The molecule has 6 heteroatoms. The van der Waals surface area contributed by atoms with Crippen LogP contribution in [0.1, 0.15) is 13.3 Å². The number of anilines is 1. The molecular weight excluding hydrogens is 274 g/mol. The van der Waals surface area contributed by atoms with Crippen LogP contribution in [0.3, 0.4) is 0 Å². The number of benzene rings is 1. The van der Waals surface area contributed by atoms with E-state index in [2.05, 4.69) is 17.1 Å². The monoisotopic (exact) mass is 299 g/mol. The topological polar surface area (TPSA) is 52.7 Å². The maximum absolute atomic E-state index is 12.0. The van der Waals surface area contributed by atoms with Crippen LogP contribution in [0.2, 0.25) is 0 Å². The zero-order chi connectivity index (χ0) is 15.2. The highest BCUT2D eigenvalue weighted by Crippen LogP contribution is 2.18. The van der Waals surface area contributed by atoms with E-state index in [1.807, 2.05) is 19.2 Å². The van der Waals surface area contributed by atoms with Crippen molar-refractivity contribution in [3.63, 3.8) is 0 Å². The lowest BCUT2D eigenvalue weighted by Gasteiger charge is -2.20. The summed E-state index contributed by atoms with van der Waals surface area (Å²) in [5.41, 5.74) is 1.01. The van der Waals surface area contributed by atoms with Gasteiger partial charge in [0.2, 0.25) is 10.0 Å². The molecule has 0 fully saturated rings. The first kappa shape index (κ1) is 16.9. The number of rotatable bonds is 8. The predicted octanol–water partition coefficient (Wildman–Crippen LogP) is 1.37. The van der Waals surface area contributed by atoms with Crippen LogP contribution in [0.5, 0.6) is 0 Å². The molecular formula is C14H25N3O2S. The molecule has 1 aromatic carbocycles. The molecule has 0 bridgehead atoms. The largest absolute Gasteiger partial charge is 0.373 e. The van der Waals surface area contributed by atoms with Gasteiger partial charge in [-0.3, -0.25) is 0 Å². The van der Waals surface area contributed by atoms with E-state index in [9.17, 15) is 8.42 Å². The number of nitrogens with zero attached hydrogens (tertiary/aromatic N) is 2. The molecule has 0 saturated heterocycles. The molecule has 0 aromatic heterocycles. The fourth-order valence-electron chi connectivity index (χ4n) is 1.76. The molecule has 0 aliphatic carbocycles. The molecule has 1 N–H and O–H groups in total. The Kier molecular flexibility index (Phi) is 6.45. The predicted molar refractivity (Wildman–Crippen MR) is 83.7 cm³/mol. The summed E-state index contributed by atoms with van der Waals surface area (Å²) < 4.78 is 25.1. The quantitative estimate of drug-likeness (QED) is 0.737.